The predicted octanol–water partition coefficient (Wildman–Crippen LogP) is 1.13. The zero-order valence-electron chi connectivity index (χ0n) is 13.9. The number of halogens is 2. The molecule has 0 aliphatic carbocycles. The van der Waals surface area contributed by atoms with E-state index in [9.17, 15) is 22.0 Å². The largest absolute Gasteiger partial charge is 0.374 e. The number of nitrogens with zero attached hydrogens (tertiary/aromatic N) is 1. The normalized spacial score (nSPS) is 24.6. The SMILES string of the molecule is CS(=O)(=O)c1cc(F)c(N[C@@H]2CNCCC2N2CCCC2=O)c(F)c1. The Bertz CT molecular complexity index is 762. The van der Waals surface area contributed by atoms with Crippen molar-refractivity contribution >= 4 is 21.4 Å². The Kier molecular flexibility index (Phi) is 4.97. The van der Waals surface area contributed by atoms with Crippen molar-refractivity contribution in [1.82, 2.24) is 10.2 Å². The first-order chi connectivity index (χ1) is 11.8. The van der Waals surface area contributed by atoms with Crippen molar-refractivity contribution in [2.45, 2.75) is 36.2 Å². The number of nitrogens with one attached hydrogen (secondary N) is 2. The quantitative estimate of drug-likeness (QED) is 0.827. The highest BCUT2D eigenvalue weighted by Crippen LogP contribution is 2.27. The second kappa shape index (κ2) is 6.87. The van der Waals surface area contributed by atoms with Crippen LogP contribution in [0.3, 0.4) is 0 Å². The van der Waals surface area contributed by atoms with Gasteiger partial charge in [0, 0.05) is 25.8 Å². The molecule has 6 nitrogen and oxygen atoms in total. The molecule has 2 atom stereocenters. The van der Waals surface area contributed by atoms with E-state index >= 15 is 0 Å². The number of likely N-dealkylation sites (tertiary alicyclic amines) is 1. The fourth-order valence-electron chi connectivity index (χ4n) is 3.47. The van der Waals surface area contributed by atoms with Crippen molar-refractivity contribution in [2.75, 3.05) is 31.2 Å². The van der Waals surface area contributed by atoms with Crippen LogP contribution in [-0.2, 0) is 14.6 Å². The van der Waals surface area contributed by atoms with E-state index in [0.29, 0.717) is 25.9 Å². The topological polar surface area (TPSA) is 78.5 Å². The summed E-state index contributed by atoms with van der Waals surface area (Å²) >= 11 is 0. The zero-order valence-corrected chi connectivity index (χ0v) is 14.7. The van der Waals surface area contributed by atoms with E-state index < -0.39 is 26.4 Å². The highest BCUT2D eigenvalue weighted by Gasteiger charge is 2.35. The van der Waals surface area contributed by atoms with Crippen LogP contribution in [0.4, 0.5) is 14.5 Å². The summed E-state index contributed by atoms with van der Waals surface area (Å²) in [7, 11) is -3.70. The second-order valence-corrected chi connectivity index (χ2v) is 8.55. The molecular formula is C16H21F2N3O3S. The van der Waals surface area contributed by atoms with Crippen molar-refractivity contribution in [3.63, 3.8) is 0 Å². The van der Waals surface area contributed by atoms with Crippen LogP contribution in [0, 0.1) is 11.6 Å². The molecule has 0 saturated carbocycles. The van der Waals surface area contributed by atoms with Crippen molar-refractivity contribution in [3.05, 3.63) is 23.8 Å². The number of rotatable bonds is 4. The van der Waals surface area contributed by atoms with Gasteiger partial charge in [-0.25, -0.2) is 17.2 Å². The molecule has 0 radical (unpaired) electrons. The maximum absolute atomic E-state index is 14.3. The zero-order chi connectivity index (χ0) is 18.2. The Hall–Kier alpha value is -1.74. The minimum absolute atomic E-state index is 0.0621. The lowest BCUT2D eigenvalue weighted by Gasteiger charge is -2.39. The summed E-state index contributed by atoms with van der Waals surface area (Å²) < 4.78 is 51.6. The van der Waals surface area contributed by atoms with E-state index in [1.165, 1.54) is 0 Å². The van der Waals surface area contributed by atoms with Gasteiger partial charge in [-0.2, -0.15) is 0 Å². The summed E-state index contributed by atoms with van der Waals surface area (Å²) in [5.41, 5.74) is -0.363. The van der Waals surface area contributed by atoms with Gasteiger partial charge in [0.15, 0.2) is 21.5 Å². The van der Waals surface area contributed by atoms with E-state index in [1.54, 1.807) is 4.90 Å². The number of anilines is 1. The van der Waals surface area contributed by atoms with Crippen LogP contribution in [0.1, 0.15) is 19.3 Å². The smallest absolute Gasteiger partial charge is 0.222 e. The molecule has 0 aromatic heterocycles. The first-order valence-corrected chi connectivity index (χ1v) is 10.1. The summed E-state index contributed by atoms with van der Waals surface area (Å²) in [6, 6.07) is 1.12. The van der Waals surface area contributed by atoms with Gasteiger partial charge < -0.3 is 15.5 Å². The minimum atomic E-state index is -3.70. The molecule has 1 aromatic carbocycles. The van der Waals surface area contributed by atoms with E-state index in [0.717, 1.165) is 31.4 Å². The number of hydrogen-bond acceptors (Lipinski definition) is 5. The van der Waals surface area contributed by atoms with Gasteiger partial charge in [0.25, 0.3) is 0 Å². The number of hydrogen-bond donors (Lipinski definition) is 2. The molecule has 0 spiro atoms. The standard InChI is InChI=1S/C16H21F2N3O3S/c1-25(23,24)10-7-11(17)16(12(18)8-10)20-13-9-19-5-4-14(13)21-6-2-3-15(21)22/h7-8,13-14,19-20H,2-6,9H2,1H3/t13-,14?/m1/s1. The van der Waals surface area contributed by atoms with Gasteiger partial charge in [-0.3, -0.25) is 4.79 Å². The highest BCUT2D eigenvalue weighted by atomic mass is 32.2. The first-order valence-electron chi connectivity index (χ1n) is 8.23. The molecule has 9 heteroatoms. The van der Waals surface area contributed by atoms with Crippen LogP contribution in [0.15, 0.2) is 17.0 Å². The van der Waals surface area contributed by atoms with E-state index in [4.69, 9.17) is 0 Å². The van der Waals surface area contributed by atoms with Crippen molar-refractivity contribution < 1.29 is 22.0 Å². The minimum Gasteiger partial charge on any atom is -0.374 e. The first kappa shape index (κ1) is 18.1. The molecule has 1 unspecified atom stereocenters. The van der Waals surface area contributed by atoms with Gasteiger partial charge in [-0.15, -0.1) is 0 Å². The van der Waals surface area contributed by atoms with E-state index in [2.05, 4.69) is 10.6 Å². The average molecular weight is 373 g/mol. The third kappa shape index (κ3) is 3.77. The molecule has 1 aromatic rings. The van der Waals surface area contributed by atoms with Crippen molar-refractivity contribution in [1.29, 1.82) is 0 Å². The number of sulfone groups is 1. The van der Waals surface area contributed by atoms with Gasteiger partial charge in [-0.1, -0.05) is 0 Å². The fourth-order valence-corrected chi connectivity index (χ4v) is 4.11. The molecule has 2 aliphatic heterocycles. The number of carbonyl (C=O) groups is 1. The second-order valence-electron chi connectivity index (χ2n) is 6.54. The maximum atomic E-state index is 14.3. The molecule has 0 bridgehead atoms. The average Bonchev–Trinajstić information content (AvgIpc) is 2.96. The van der Waals surface area contributed by atoms with Crippen LogP contribution in [-0.4, -0.2) is 57.2 Å². The van der Waals surface area contributed by atoms with Crippen molar-refractivity contribution in [3.8, 4) is 0 Å². The molecule has 2 heterocycles. The van der Waals surface area contributed by atoms with E-state index in [1.807, 2.05) is 0 Å². The summed E-state index contributed by atoms with van der Waals surface area (Å²) in [5.74, 6) is -1.86. The number of carbonyl (C=O) groups excluding carboxylic acids is 1. The van der Waals surface area contributed by atoms with Gasteiger partial charge in [0.1, 0.15) is 5.69 Å². The summed E-state index contributed by atoms with van der Waals surface area (Å²) in [5, 5.41) is 6.00. The molecule has 2 saturated heterocycles. The Morgan fingerprint density at radius 1 is 1.28 bits per heavy atom. The van der Waals surface area contributed by atoms with Crippen LogP contribution in [0.25, 0.3) is 0 Å². The third-order valence-corrected chi connectivity index (χ3v) is 5.82. The molecule has 138 valence electrons. The van der Waals surface area contributed by atoms with Crippen LogP contribution in [0.2, 0.25) is 0 Å². The molecule has 3 rings (SSSR count). The van der Waals surface area contributed by atoms with Gasteiger partial charge in [-0.05, 0) is 31.5 Å². The van der Waals surface area contributed by atoms with Crippen molar-refractivity contribution in [2.24, 2.45) is 0 Å². The van der Waals surface area contributed by atoms with Gasteiger partial charge in [0.2, 0.25) is 5.91 Å². The van der Waals surface area contributed by atoms with E-state index in [-0.39, 0.29) is 23.7 Å². The Morgan fingerprint density at radius 3 is 2.52 bits per heavy atom. The summed E-state index contributed by atoms with van der Waals surface area (Å²) in [6.45, 7) is 1.84. The molecule has 2 aliphatic rings. The Labute approximate surface area is 145 Å². The lowest BCUT2D eigenvalue weighted by atomic mass is 9.98. The Morgan fingerprint density at radius 2 is 1.96 bits per heavy atom. The molecular weight excluding hydrogens is 352 g/mol. The number of benzene rings is 1. The van der Waals surface area contributed by atoms with Gasteiger partial charge in [0.05, 0.1) is 17.0 Å². The van der Waals surface area contributed by atoms with Crippen LogP contribution in [0.5, 0.6) is 0 Å². The van der Waals surface area contributed by atoms with Gasteiger partial charge >= 0.3 is 0 Å². The monoisotopic (exact) mass is 373 g/mol. The molecule has 25 heavy (non-hydrogen) atoms. The van der Waals surface area contributed by atoms with Crippen LogP contribution < -0.4 is 10.6 Å². The summed E-state index contributed by atoms with van der Waals surface area (Å²) in [6.07, 6.45) is 2.88. The Balaban J connectivity index is 1.86. The van der Waals surface area contributed by atoms with Crippen LogP contribution >= 0.6 is 0 Å². The third-order valence-electron chi connectivity index (χ3n) is 4.73. The highest BCUT2D eigenvalue weighted by molar-refractivity contribution is 7.90. The number of piperidine rings is 1. The lowest BCUT2D eigenvalue weighted by molar-refractivity contribution is -0.130. The predicted molar refractivity (Wildman–Crippen MR) is 89.1 cm³/mol. The summed E-state index contributed by atoms with van der Waals surface area (Å²) in [4.78, 5) is 13.4. The lowest BCUT2D eigenvalue weighted by Crippen LogP contribution is -2.56. The molecule has 2 fully saturated rings. The number of amides is 1. The fraction of sp³-hybridized carbons (Fsp3) is 0.562. The maximum Gasteiger partial charge on any atom is 0.222 e. The molecule has 1 amide bonds. The molecule has 2 N–H and O–H groups in total.